The van der Waals surface area contributed by atoms with E-state index in [1.165, 1.54) is 43.4 Å². The third-order valence-electron chi connectivity index (χ3n) is 10.6. The molecule has 0 fully saturated rings. The van der Waals surface area contributed by atoms with Crippen molar-refractivity contribution in [3.05, 3.63) is 253 Å². The lowest BCUT2D eigenvalue weighted by Gasteiger charge is -2.25. The monoisotopic (exact) mass is 1190 g/mol. The van der Waals surface area contributed by atoms with Gasteiger partial charge in [-0.25, -0.2) is 0 Å². The number of hydrogen-bond donors (Lipinski definition) is 2. The van der Waals surface area contributed by atoms with Gasteiger partial charge in [0, 0.05) is 55.6 Å². The van der Waals surface area contributed by atoms with Crippen molar-refractivity contribution < 1.29 is 14.8 Å². The van der Waals surface area contributed by atoms with Crippen LogP contribution in [0.5, 0.6) is 0 Å². The lowest BCUT2D eigenvalue weighted by atomic mass is 9.80. The maximum absolute atomic E-state index is 9.23. The standard InChI is InChI=1S/C28H20IN.C18H16BNO2.C10H6I2.FH/c29-27-16-8-10-22-9-7-15-26(28(22)27)21-17-19-25(20-18-21)30(23-11-3-1-4-12-23)24-13-5-2-6-14-24;21-19(22)15-11-13-18(14-12-15)20(16-7-3-1-4-8-16)17-9-5-2-6-10-17;11-8-5-1-3-7-4-2-6-9(12)10(7)8;/h1-20H;1-14,21-22H;1-6H;1H. The fraction of sp³-hybridized carbons (Fsp3) is 0. The van der Waals surface area contributed by atoms with Crippen LogP contribution in [0.3, 0.4) is 0 Å². The highest BCUT2D eigenvalue weighted by Gasteiger charge is 2.16. The Bertz CT molecular complexity index is 2940. The Kier molecular flexibility index (Phi) is 16.8. The van der Waals surface area contributed by atoms with Gasteiger partial charge < -0.3 is 19.8 Å². The largest absolute Gasteiger partial charge is 0.488 e. The second-order valence-electron chi connectivity index (χ2n) is 14.7. The fourth-order valence-corrected chi connectivity index (χ4v) is 10.5. The number of hydrogen-bond acceptors (Lipinski definition) is 4. The maximum Gasteiger partial charge on any atom is 0.488 e. The Hall–Kier alpha value is -5.58. The number of benzene rings is 10. The van der Waals surface area contributed by atoms with E-state index in [2.05, 4.69) is 235 Å². The zero-order valence-electron chi connectivity index (χ0n) is 35.0. The van der Waals surface area contributed by atoms with Crippen LogP contribution >= 0.6 is 67.8 Å². The molecule has 0 spiro atoms. The van der Waals surface area contributed by atoms with Crippen molar-refractivity contribution in [3.63, 3.8) is 0 Å². The molecule has 0 aliphatic carbocycles. The van der Waals surface area contributed by atoms with Gasteiger partial charge in [0.05, 0.1) is 0 Å². The summed E-state index contributed by atoms with van der Waals surface area (Å²) in [6.07, 6.45) is 0. The van der Waals surface area contributed by atoms with Crippen molar-refractivity contribution >= 4 is 136 Å². The number of fused-ring (bicyclic) bond motifs is 2. The predicted octanol–water partition coefficient (Wildman–Crippen LogP) is 15.6. The number of rotatable bonds is 8. The van der Waals surface area contributed by atoms with Crippen molar-refractivity contribution in [2.45, 2.75) is 0 Å². The van der Waals surface area contributed by atoms with Gasteiger partial charge in [-0.15, -0.1) is 0 Å². The van der Waals surface area contributed by atoms with Crippen LogP contribution in [-0.2, 0) is 0 Å². The molecule has 0 unspecified atom stereocenters. The van der Waals surface area contributed by atoms with Crippen molar-refractivity contribution in [3.8, 4) is 11.1 Å². The Labute approximate surface area is 421 Å². The Balaban J connectivity index is 0.000000158. The highest BCUT2D eigenvalue weighted by atomic mass is 127. The number of para-hydroxylation sites is 4. The van der Waals surface area contributed by atoms with Crippen LogP contribution in [-0.4, -0.2) is 17.2 Å². The van der Waals surface area contributed by atoms with Gasteiger partial charge in [0.15, 0.2) is 0 Å². The van der Waals surface area contributed by atoms with E-state index in [1.54, 1.807) is 12.1 Å². The normalized spacial score (nSPS) is 10.4. The molecule has 4 nitrogen and oxygen atoms in total. The number of halogens is 4. The van der Waals surface area contributed by atoms with E-state index < -0.39 is 7.12 Å². The molecule has 0 aromatic heterocycles. The van der Waals surface area contributed by atoms with Gasteiger partial charge in [-0.05, 0) is 186 Å². The van der Waals surface area contributed by atoms with Crippen molar-refractivity contribution in [1.29, 1.82) is 0 Å². The van der Waals surface area contributed by atoms with Crippen molar-refractivity contribution in [2.24, 2.45) is 0 Å². The summed E-state index contributed by atoms with van der Waals surface area (Å²) in [6.45, 7) is 0. The Morgan fingerprint density at radius 3 is 0.969 bits per heavy atom. The van der Waals surface area contributed by atoms with E-state index in [4.69, 9.17) is 0 Å². The molecular formula is C56H43BFI3N2O2. The zero-order chi connectivity index (χ0) is 44.3. The molecule has 0 aliphatic rings. The molecular weight excluding hydrogens is 1140 g/mol. The molecule has 10 aromatic carbocycles. The minimum Gasteiger partial charge on any atom is -0.423 e. The molecule has 0 aliphatic heterocycles. The van der Waals surface area contributed by atoms with Crippen LogP contribution in [0, 0.1) is 10.7 Å². The smallest absolute Gasteiger partial charge is 0.423 e. The van der Waals surface area contributed by atoms with Gasteiger partial charge in [-0.1, -0.05) is 152 Å². The van der Waals surface area contributed by atoms with Gasteiger partial charge in [0.1, 0.15) is 0 Å². The molecule has 10 aromatic rings. The van der Waals surface area contributed by atoms with E-state index in [1.807, 2.05) is 72.8 Å². The van der Waals surface area contributed by atoms with Crippen molar-refractivity contribution in [2.75, 3.05) is 9.80 Å². The second-order valence-corrected chi connectivity index (χ2v) is 18.2. The summed E-state index contributed by atoms with van der Waals surface area (Å²) in [5.74, 6) is 0. The first kappa shape index (κ1) is 47.4. The number of anilines is 6. The van der Waals surface area contributed by atoms with Crippen molar-refractivity contribution in [1.82, 2.24) is 0 Å². The van der Waals surface area contributed by atoms with Gasteiger partial charge in [0.25, 0.3) is 0 Å². The van der Waals surface area contributed by atoms with Crippen LogP contribution in [0.4, 0.5) is 38.8 Å². The molecule has 0 saturated carbocycles. The highest BCUT2D eigenvalue weighted by molar-refractivity contribution is 14.1. The lowest BCUT2D eigenvalue weighted by molar-refractivity contribution is 0.426. The van der Waals surface area contributed by atoms with Crippen LogP contribution in [0.2, 0.25) is 0 Å². The van der Waals surface area contributed by atoms with Crippen LogP contribution in [0.1, 0.15) is 0 Å². The molecule has 320 valence electrons. The Morgan fingerprint density at radius 2 is 0.615 bits per heavy atom. The summed E-state index contributed by atoms with van der Waals surface area (Å²) in [4.78, 5) is 4.41. The van der Waals surface area contributed by atoms with Crippen LogP contribution in [0.15, 0.2) is 243 Å². The van der Waals surface area contributed by atoms with Crippen LogP contribution < -0.4 is 15.3 Å². The molecule has 0 saturated heterocycles. The summed E-state index contributed by atoms with van der Waals surface area (Å²) in [5, 5.41) is 23.8. The van der Waals surface area contributed by atoms with E-state index in [9.17, 15) is 10.0 Å². The predicted molar refractivity (Wildman–Crippen MR) is 300 cm³/mol. The molecule has 10 rings (SSSR count). The third kappa shape index (κ3) is 11.6. The average molecular weight is 1190 g/mol. The molecule has 0 radical (unpaired) electrons. The zero-order valence-corrected chi connectivity index (χ0v) is 41.5. The molecule has 0 atom stereocenters. The van der Waals surface area contributed by atoms with Gasteiger partial charge in [-0.3, -0.25) is 4.70 Å². The molecule has 2 N–H and O–H groups in total. The minimum atomic E-state index is -1.45. The third-order valence-corrected chi connectivity index (χ3v) is 13.3. The fourth-order valence-electron chi connectivity index (χ4n) is 7.58. The quantitative estimate of drug-likeness (QED) is 0.118. The second kappa shape index (κ2) is 23.0. The van der Waals surface area contributed by atoms with Gasteiger partial charge in [-0.2, -0.15) is 0 Å². The summed E-state index contributed by atoms with van der Waals surface area (Å²) in [6, 6.07) is 83.0. The van der Waals surface area contributed by atoms with Crippen LogP contribution in [0.25, 0.3) is 32.7 Å². The summed E-state index contributed by atoms with van der Waals surface area (Å²) in [7, 11) is -1.45. The highest BCUT2D eigenvalue weighted by Crippen LogP contribution is 2.38. The SMILES string of the molecule is F.Ic1cccc2cccc(-c3ccc(N(c4ccccc4)c4ccccc4)cc3)c12.Ic1cccc2cccc(I)c12.OB(O)c1ccc(N(c2ccccc2)c2ccccc2)cc1. The first-order valence-electron chi connectivity index (χ1n) is 20.7. The first-order chi connectivity index (χ1) is 31.4. The Morgan fingerprint density at radius 1 is 0.308 bits per heavy atom. The maximum atomic E-state index is 9.23. The molecule has 0 amide bonds. The van der Waals surface area contributed by atoms with E-state index in [0.717, 1.165) is 34.1 Å². The van der Waals surface area contributed by atoms with Gasteiger partial charge >= 0.3 is 7.12 Å². The van der Waals surface area contributed by atoms with E-state index in [-0.39, 0.29) is 4.70 Å². The molecule has 0 heterocycles. The molecule has 0 bridgehead atoms. The lowest BCUT2D eigenvalue weighted by Crippen LogP contribution is -2.29. The first-order valence-corrected chi connectivity index (χ1v) is 24.0. The molecule has 65 heavy (non-hydrogen) atoms. The number of nitrogens with zero attached hydrogens (tertiary/aromatic N) is 2. The van der Waals surface area contributed by atoms with E-state index >= 15 is 0 Å². The minimum absolute atomic E-state index is 0. The van der Waals surface area contributed by atoms with Gasteiger partial charge in [0.2, 0.25) is 0 Å². The van der Waals surface area contributed by atoms with E-state index in [0.29, 0.717) is 5.46 Å². The topological polar surface area (TPSA) is 46.9 Å². The summed E-state index contributed by atoms with van der Waals surface area (Å²) < 4.78 is 3.94. The summed E-state index contributed by atoms with van der Waals surface area (Å²) in [5.41, 5.74) is 9.48. The molecule has 9 heteroatoms. The average Bonchev–Trinajstić information content (AvgIpc) is 3.34. The summed E-state index contributed by atoms with van der Waals surface area (Å²) >= 11 is 7.19.